The van der Waals surface area contributed by atoms with E-state index in [1.54, 1.807) is 0 Å². The average molecular weight is 507 g/mol. The van der Waals surface area contributed by atoms with E-state index in [-0.39, 0.29) is 6.61 Å². The van der Waals surface area contributed by atoms with Gasteiger partial charge in [0.15, 0.2) is 5.82 Å². The van der Waals surface area contributed by atoms with Gasteiger partial charge in [0.05, 0.1) is 6.61 Å². The molecule has 0 aliphatic heterocycles. The number of ether oxygens (including phenoxy) is 2. The predicted molar refractivity (Wildman–Crippen MR) is 151 cm³/mol. The van der Waals surface area contributed by atoms with Gasteiger partial charge in [-0.25, -0.2) is 14.4 Å². The SMILES string of the molecule is CCCCCCCOc1ccc(-c2cnc(-c3ccc(OCC(F)CCCCCCC)cc3)nc2)cc1. The lowest BCUT2D eigenvalue weighted by Gasteiger charge is -2.11. The van der Waals surface area contributed by atoms with Crippen LogP contribution in [0.25, 0.3) is 22.5 Å². The first-order valence-electron chi connectivity index (χ1n) is 14.1. The lowest BCUT2D eigenvalue weighted by molar-refractivity contribution is 0.184. The summed E-state index contributed by atoms with van der Waals surface area (Å²) in [6.45, 7) is 5.27. The van der Waals surface area contributed by atoms with Crippen LogP contribution in [0.3, 0.4) is 0 Å². The maximum Gasteiger partial charge on any atom is 0.159 e. The summed E-state index contributed by atoms with van der Waals surface area (Å²) in [7, 11) is 0. The molecule has 0 aliphatic carbocycles. The van der Waals surface area contributed by atoms with Gasteiger partial charge in [-0.3, -0.25) is 0 Å². The quantitative estimate of drug-likeness (QED) is 0.161. The summed E-state index contributed by atoms with van der Waals surface area (Å²) in [6, 6.07) is 15.6. The number of unbranched alkanes of at least 4 members (excludes halogenated alkanes) is 8. The molecule has 0 saturated carbocycles. The van der Waals surface area contributed by atoms with Crippen molar-refractivity contribution in [2.75, 3.05) is 13.2 Å². The van der Waals surface area contributed by atoms with Gasteiger partial charge in [-0.1, -0.05) is 83.8 Å². The summed E-state index contributed by atoms with van der Waals surface area (Å²) in [5.41, 5.74) is 2.91. The molecule has 0 spiro atoms. The first-order chi connectivity index (χ1) is 18.2. The second-order valence-electron chi connectivity index (χ2n) is 9.72. The van der Waals surface area contributed by atoms with Crippen LogP contribution in [-0.4, -0.2) is 29.4 Å². The maximum atomic E-state index is 14.1. The third-order valence-corrected chi connectivity index (χ3v) is 6.52. The molecule has 3 rings (SSSR count). The Morgan fingerprint density at radius 3 is 1.78 bits per heavy atom. The first kappa shape index (κ1) is 28.6. The average Bonchev–Trinajstić information content (AvgIpc) is 2.94. The van der Waals surface area contributed by atoms with Gasteiger partial charge in [0.1, 0.15) is 24.3 Å². The predicted octanol–water partition coefficient (Wildman–Crippen LogP) is 9.24. The van der Waals surface area contributed by atoms with Crippen LogP contribution in [-0.2, 0) is 0 Å². The van der Waals surface area contributed by atoms with Crippen molar-refractivity contribution in [2.24, 2.45) is 0 Å². The Balaban J connectivity index is 1.43. The van der Waals surface area contributed by atoms with Crippen molar-refractivity contribution in [3.05, 3.63) is 60.9 Å². The van der Waals surface area contributed by atoms with Crippen LogP contribution in [0.1, 0.15) is 84.5 Å². The summed E-state index contributed by atoms with van der Waals surface area (Å²) in [4.78, 5) is 9.10. The molecule has 1 unspecified atom stereocenters. The van der Waals surface area contributed by atoms with Crippen LogP contribution in [0.4, 0.5) is 4.39 Å². The molecular formula is C32H43FN2O2. The largest absolute Gasteiger partial charge is 0.494 e. The van der Waals surface area contributed by atoms with Crippen LogP contribution >= 0.6 is 0 Å². The van der Waals surface area contributed by atoms with Gasteiger partial charge >= 0.3 is 0 Å². The highest BCUT2D eigenvalue weighted by atomic mass is 19.1. The molecule has 1 aromatic heterocycles. The number of nitrogens with zero attached hydrogens (tertiary/aromatic N) is 2. The van der Waals surface area contributed by atoms with Crippen LogP contribution in [0.2, 0.25) is 0 Å². The van der Waals surface area contributed by atoms with Crippen molar-refractivity contribution in [1.82, 2.24) is 9.97 Å². The molecule has 1 atom stereocenters. The van der Waals surface area contributed by atoms with E-state index in [0.29, 0.717) is 18.0 Å². The molecule has 4 nitrogen and oxygen atoms in total. The van der Waals surface area contributed by atoms with Gasteiger partial charge in [-0.15, -0.1) is 0 Å². The van der Waals surface area contributed by atoms with Gasteiger partial charge in [0.2, 0.25) is 0 Å². The van der Waals surface area contributed by atoms with E-state index in [4.69, 9.17) is 9.47 Å². The van der Waals surface area contributed by atoms with Crippen molar-refractivity contribution >= 4 is 0 Å². The fourth-order valence-electron chi connectivity index (χ4n) is 4.21. The molecule has 37 heavy (non-hydrogen) atoms. The van der Waals surface area contributed by atoms with Crippen LogP contribution < -0.4 is 9.47 Å². The molecular weight excluding hydrogens is 463 g/mol. The Morgan fingerprint density at radius 1 is 0.622 bits per heavy atom. The van der Waals surface area contributed by atoms with E-state index < -0.39 is 6.17 Å². The minimum absolute atomic E-state index is 0.0983. The third kappa shape index (κ3) is 10.5. The summed E-state index contributed by atoms with van der Waals surface area (Å²) < 4.78 is 25.6. The maximum absolute atomic E-state index is 14.1. The normalized spacial score (nSPS) is 11.9. The Morgan fingerprint density at radius 2 is 1.16 bits per heavy atom. The zero-order valence-corrected chi connectivity index (χ0v) is 22.6. The van der Waals surface area contributed by atoms with Crippen LogP contribution in [0.15, 0.2) is 60.9 Å². The summed E-state index contributed by atoms with van der Waals surface area (Å²) in [5, 5.41) is 0. The molecule has 5 heteroatoms. The molecule has 3 aromatic rings. The molecule has 0 amide bonds. The topological polar surface area (TPSA) is 44.2 Å². The lowest BCUT2D eigenvalue weighted by atomic mass is 10.1. The summed E-state index contributed by atoms with van der Waals surface area (Å²) in [6.07, 6.45) is 15.1. The monoisotopic (exact) mass is 506 g/mol. The number of hydrogen-bond donors (Lipinski definition) is 0. The molecule has 1 heterocycles. The molecule has 200 valence electrons. The number of halogens is 1. The standard InChI is InChI=1S/C32H43FN2O2/c1-3-5-7-9-11-13-29(33)25-37-31-20-16-27(17-21-31)32-34-23-28(24-35-32)26-14-18-30(19-15-26)36-22-12-10-8-6-4-2/h14-21,23-24,29H,3-13,22,25H2,1-2H3. The number of aromatic nitrogens is 2. The van der Waals surface area contributed by atoms with Crippen molar-refractivity contribution in [2.45, 2.75) is 90.6 Å². The first-order valence-corrected chi connectivity index (χ1v) is 14.1. The lowest BCUT2D eigenvalue weighted by Crippen LogP contribution is -2.12. The summed E-state index contributed by atoms with van der Waals surface area (Å²) >= 11 is 0. The summed E-state index contributed by atoms with van der Waals surface area (Å²) in [5.74, 6) is 2.20. The highest BCUT2D eigenvalue weighted by molar-refractivity contribution is 5.64. The van der Waals surface area contributed by atoms with E-state index >= 15 is 0 Å². The van der Waals surface area contributed by atoms with Gasteiger partial charge in [0.25, 0.3) is 0 Å². The Bertz CT molecular complexity index is 991. The highest BCUT2D eigenvalue weighted by Gasteiger charge is 2.09. The molecule has 2 aromatic carbocycles. The van der Waals surface area contributed by atoms with Gasteiger partial charge in [-0.2, -0.15) is 0 Å². The molecule has 0 fully saturated rings. The van der Waals surface area contributed by atoms with Crippen LogP contribution in [0, 0.1) is 0 Å². The van der Waals surface area contributed by atoms with Gasteiger partial charge < -0.3 is 9.47 Å². The number of alkyl halides is 1. The molecule has 0 N–H and O–H groups in total. The molecule has 0 bridgehead atoms. The van der Waals surface area contributed by atoms with E-state index in [9.17, 15) is 4.39 Å². The molecule has 0 radical (unpaired) electrons. The fraction of sp³-hybridized carbons (Fsp3) is 0.500. The van der Waals surface area contributed by atoms with Crippen molar-refractivity contribution < 1.29 is 13.9 Å². The van der Waals surface area contributed by atoms with Gasteiger partial charge in [-0.05, 0) is 54.8 Å². The molecule has 0 aliphatic rings. The van der Waals surface area contributed by atoms with Crippen molar-refractivity contribution in [3.8, 4) is 34.0 Å². The third-order valence-electron chi connectivity index (χ3n) is 6.52. The Hall–Kier alpha value is -2.95. The second-order valence-corrected chi connectivity index (χ2v) is 9.72. The minimum Gasteiger partial charge on any atom is -0.494 e. The Kier molecular flexibility index (Phi) is 12.9. The van der Waals surface area contributed by atoms with E-state index in [1.807, 2.05) is 60.9 Å². The minimum atomic E-state index is -0.923. The zero-order chi connectivity index (χ0) is 26.1. The number of rotatable bonds is 18. The van der Waals surface area contributed by atoms with Crippen molar-refractivity contribution in [3.63, 3.8) is 0 Å². The molecule has 0 saturated heterocycles. The smallest absolute Gasteiger partial charge is 0.159 e. The highest BCUT2D eigenvalue weighted by Crippen LogP contribution is 2.24. The second kappa shape index (κ2) is 16.7. The fourth-order valence-corrected chi connectivity index (χ4v) is 4.21. The van der Waals surface area contributed by atoms with Crippen molar-refractivity contribution in [1.29, 1.82) is 0 Å². The van der Waals surface area contributed by atoms with Gasteiger partial charge in [0, 0.05) is 23.5 Å². The van der Waals surface area contributed by atoms with E-state index in [0.717, 1.165) is 48.3 Å². The number of benzene rings is 2. The van der Waals surface area contributed by atoms with Crippen LogP contribution in [0.5, 0.6) is 11.5 Å². The Labute approximate surface area is 222 Å². The van der Waals surface area contributed by atoms with E-state index in [2.05, 4.69) is 23.8 Å². The van der Waals surface area contributed by atoms with E-state index in [1.165, 1.54) is 44.9 Å². The zero-order valence-electron chi connectivity index (χ0n) is 22.6. The number of hydrogen-bond acceptors (Lipinski definition) is 4.